The molecule has 1 amide bonds. The summed E-state index contributed by atoms with van der Waals surface area (Å²) < 4.78 is 13.5. The van der Waals surface area contributed by atoms with Crippen LogP contribution in [0.25, 0.3) is 0 Å². The minimum Gasteiger partial charge on any atom is -0.392 e. The van der Waals surface area contributed by atoms with Gasteiger partial charge in [0, 0.05) is 12.1 Å². The van der Waals surface area contributed by atoms with Crippen molar-refractivity contribution in [2.24, 2.45) is 5.92 Å². The lowest BCUT2D eigenvalue weighted by Crippen LogP contribution is -2.40. The predicted octanol–water partition coefficient (Wildman–Crippen LogP) is 1.53. The number of carbonyl (C=O) groups excluding carboxylic acids is 1. The zero-order chi connectivity index (χ0) is 14.5. The van der Waals surface area contributed by atoms with Crippen LogP contribution in [0.2, 0.25) is 0 Å². The number of rotatable bonds is 4. The Morgan fingerprint density at radius 1 is 1.35 bits per heavy atom. The molecule has 3 N–H and O–H groups in total. The highest BCUT2D eigenvalue weighted by atomic mass is 19.1. The van der Waals surface area contributed by atoms with Crippen LogP contribution in [0.5, 0.6) is 0 Å². The Morgan fingerprint density at radius 3 is 2.75 bits per heavy atom. The van der Waals surface area contributed by atoms with Crippen molar-refractivity contribution in [1.29, 1.82) is 0 Å². The summed E-state index contributed by atoms with van der Waals surface area (Å²) in [6, 6.07) is 5.93. The molecule has 0 aliphatic heterocycles. The topological polar surface area (TPSA) is 69.6 Å². The first kappa shape index (κ1) is 14.9. The van der Waals surface area contributed by atoms with Crippen LogP contribution < -0.4 is 5.32 Å². The molecule has 1 aromatic carbocycles. The van der Waals surface area contributed by atoms with Crippen LogP contribution in [0.15, 0.2) is 24.3 Å². The van der Waals surface area contributed by atoms with E-state index in [1.54, 1.807) is 12.1 Å². The van der Waals surface area contributed by atoms with Gasteiger partial charge in [0.05, 0.1) is 18.1 Å². The first-order valence-electron chi connectivity index (χ1n) is 6.98. The van der Waals surface area contributed by atoms with Gasteiger partial charge in [0.1, 0.15) is 5.82 Å². The van der Waals surface area contributed by atoms with Gasteiger partial charge in [-0.1, -0.05) is 31.0 Å². The third-order valence-corrected chi connectivity index (χ3v) is 3.80. The molecule has 4 nitrogen and oxygen atoms in total. The molecule has 0 aromatic heterocycles. The van der Waals surface area contributed by atoms with Crippen LogP contribution in [0, 0.1) is 11.7 Å². The van der Waals surface area contributed by atoms with Crippen LogP contribution in [-0.2, 0) is 4.79 Å². The van der Waals surface area contributed by atoms with Gasteiger partial charge < -0.3 is 15.5 Å². The molecule has 0 spiro atoms. The lowest BCUT2D eigenvalue weighted by molar-refractivity contribution is -0.130. The highest BCUT2D eigenvalue weighted by molar-refractivity contribution is 5.79. The molecule has 1 aliphatic carbocycles. The summed E-state index contributed by atoms with van der Waals surface area (Å²) in [5, 5.41) is 22.3. The summed E-state index contributed by atoms with van der Waals surface area (Å²) in [6.45, 7) is -0.0526. The van der Waals surface area contributed by atoms with E-state index in [-0.39, 0.29) is 18.0 Å². The average molecular weight is 281 g/mol. The van der Waals surface area contributed by atoms with E-state index in [1.165, 1.54) is 12.1 Å². The van der Waals surface area contributed by atoms with Crippen molar-refractivity contribution in [2.45, 2.75) is 37.9 Å². The van der Waals surface area contributed by atoms with Crippen LogP contribution >= 0.6 is 0 Å². The summed E-state index contributed by atoms with van der Waals surface area (Å²) >= 11 is 0. The number of hydrogen-bond acceptors (Lipinski definition) is 3. The van der Waals surface area contributed by atoms with E-state index in [9.17, 15) is 19.4 Å². The minimum atomic E-state index is -1.08. The van der Waals surface area contributed by atoms with Gasteiger partial charge in [-0.2, -0.15) is 0 Å². The third kappa shape index (κ3) is 3.55. The van der Waals surface area contributed by atoms with Gasteiger partial charge in [-0.05, 0) is 18.9 Å². The summed E-state index contributed by atoms with van der Waals surface area (Å²) in [5.41, 5.74) is 0.164. The van der Waals surface area contributed by atoms with Gasteiger partial charge in [-0.3, -0.25) is 4.79 Å². The molecule has 20 heavy (non-hydrogen) atoms. The van der Waals surface area contributed by atoms with Crippen molar-refractivity contribution < 1.29 is 19.4 Å². The minimum absolute atomic E-state index is 0.0526. The van der Waals surface area contributed by atoms with Crippen molar-refractivity contribution in [3.63, 3.8) is 0 Å². The number of carbonyl (C=O) groups is 1. The monoisotopic (exact) mass is 281 g/mol. The zero-order valence-electron chi connectivity index (χ0n) is 11.3. The first-order chi connectivity index (χ1) is 9.59. The van der Waals surface area contributed by atoms with E-state index in [0.717, 1.165) is 12.8 Å². The fourth-order valence-electron chi connectivity index (χ4n) is 2.60. The quantitative estimate of drug-likeness (QED) is 0.784. The standard InChI is InChI=1S/C15H20FNO3/c16-12-7-3-1-5-10(12)14(19)9-17-15(20)11-6-2-4-8-13(11)18/h1,3,5,7,11,13-14,18-19H,2,4,6,8-9H2,(H,17,20). The molecule has 0 radical (unpaired) electrons. The maximum absolute atomic E-state index is 13.5. The third-order valence-electron chi connectivity index (χ3n) is 3.80. The number of halogens is 1. The first-order valence-corrected chi connectivity index (χ1v) is 6.98. The summed E-state index contributed by atoms with van der Waals surface area (Å²) in [6.07, 6.45) is 1.44. The molecule has 5 heteroatoms. The lowest BCUT2D eigenvalue weighted by Gasteiger charge is -2.26. The molecule has 0 heterocycles. The summed E-state index contributed by atoms with van der Waals surface area (Å²) in [4.78, 5) is 12.0. The highest BCUT2D eigenvalue weighted by Gasteiger charge is 2.29. The molecule has 3 atom stereocenters. The molecule has 110 valence electrons. The molecule has 1 saturated carbocycles. The molecule has 2 rings (SSSR count). The van der Waals surface area contributed by atoms with Crippen LogP contribution in [-0.4, -0.2) is 28.8 Å². The predicted molar refractivity (Wildman–Crippen MR) is 72.3 cm³/mol. The Morgan fingerprint density at radius 2 is 2.05 bits per heavy atom. The molecule has 0 saturated heterocycles. The summed E-state index contributed by atoms with van der Waals surface area (Å²) in [7, 11) is 0. The Kier molecular flexibility index (Phi) is 5.09. The number of aliphatic hydroxyl groups excluding tert-OH is 2. The molecule has 0 bridgehead atoms. The Bertz CT molecular complexity index is 466. The van der Waals surface area contributed by atoms with E-state index in [1.807, 2.05) is 0 Å². The zero-order valence-corrected chi connectivity index (χ0v) is 11.3. The van der Waals surface area contributed by atoms with Crippen LogP contribution in [0.4, 0.5) is 4.39 Å². The highest BCUT2D eigenvalue weighted by Crippen LogP contribution is 2.24. The summed E-state index contributed by atoms with van der Waals surface area (Å²) in [5.74, 6) is -1.18. The van der Waals surface area contributed by atoms with Crippen LogP contribution in [0.3, 0.4) is 0 Å². The van der Waals surface area contributed by atoms with Gasteiger partial charge in [0.25, 0.3) is 0 Å². The van der Waals surface area contributed by atoms with Gasteiger partial charge in [-0.25, -0.2) is 4.39 Å². The normalized spacial score (nSPS) is 24.1. The maximum atomic E-state index is 13.5. The van der Waals surface area contributed by atoms with Crippen molar-refractivity contribution in [1.82, 2.24) is 5.32 Å². The lowest BCUT2D eigenvalue weighted by atomic mass is 9.86. The number of benzene rings is 1. The van der Waals surface area contributed by atoms with Crippen molar-refractivity contribution in [3.8, 4) is 0 Å². The molecule has 1 fully saturated rings. The SMILES string of the molecule is O=C(NCC(O)c1ccccc1F)C1CCCCC1O. The number of aliphatic hydroxyl groups is 2. The van der Waals surface area contributed by atoms with E-state index in [4.69, 9.17) is 0 Å². The Labute approximate surface area is 117 Å². The van der Waals surface area contributed by atoms with Gasteiger partial charge >= 0.3 is 0 Å². The molecule has 1 aromatic rings. The van der Waals surface area contributed by atoms with E-state index < -0.39 is 23.9 Å². The van der Waals surface area contributed by atoms with Crippen molar-refractivity contribution in [3.05, 3.63) is 35.6 Å². The Balaban J connectivity index is 1.88. The fourth-order valence-corrected chi connectivity index (χ4v) is 2.60. The van der Waals surface area contributed by atoms with E-state index in [0.29, 0.717) is 12.8 Å². The fraction of sp³-hybridized carbons (Fsp3) is 0.533. The molecular weight excluding hydrogens is 261 g/mol. The van der Waals surface area contributed by atoms with Gasteiger partial charge in [0.2, 0.25) is 5.91 Å². The average Bonchev–Trinajstić information content (AvgIpc) is 2.45. The number of amides is 1. The maximum Gasteiger partial charge on any atom is 0.225 e. The van der Waals surface area contributed by atoms with Gasteiger partial charge in [0.15, 0.2) is 0 Å². The number of hydrogen-bond donors (Lipinski definition) is 3. The Hall–Kier alpha value is -1.46. The second kappa shape index (κ2) is 6.81. The second-order valence-corrected chi connectivity index (χ2v) is 5.24. The smallest absolute Gasteiger partial charge is 0.225 e. The molecule has 1 aliphatic rings. The molecule has 3 unspecified atom stereocenters. The van der Waals surface area contributed by atoms with Crippen LogP contribution in [0.1, 0.15) is 37.4 Å². The van der Waals surface area contributed by atoms with Gasteiger partial charge in [-0.15, -0.1) is 0 Å². The van der Waals surface area contributed by atoms with E-state index >= 15 is 0 Å². The second-order valence-electron chi connectivity index (χ2n) is 5.24. The molecular formula is C15H20FNO3. The number of nitrogens with one attached hydrogen (secondary N) is 1. The van der Waals surface area contributed by atoms with Crippen molar-refractivity contribution >= 4 is 5.91 Å². The van der Waals surface area contributed by atoms with E-state index in [2.05, 4.69) is 5.32 Å². The van der Waals surface area contributed by atoms with Crippen molar-refractivity contribution in [2.75, 3.05) is 6.54 Å². The largest absolute Gasteiger partial charge is 0.392 e.